The molecule has 0 aliphatic carbocycles. The second kappa shape index (κ2) is 5.02. The number of aryl methyl sites for hydroxylation is 1. The minimum atomic E-state index is 0.397. The zero-order valence-electron chi connectivity index (χ0n) is 10.9. The number of hydrogen-bond donors (Lipinski definition) is 1. The Labute approximate surface area is 115 Å². The summed E-state index contributed by atoms with van der Waals surface area (Å²) in [5.74, 6) is 1.02. The highest BCUT2D eigenvalue weighted by Crippen LogP contribution is 2.17. The van der Waals surface area contributed by atoms with Crippen LogP contribution in [0.4, 0.5) is 0 Å². The lowest BCUT2D eigenvalue weighted by molar-refractivity contribution is 0.423. The van der Waals surface area contributed by atoms with Crippen LogP contribution in [0.3, 0.4) is 0 Å². The molecule has 5 heteroatoms. The summed E-state index contributed by atoms with van der Waals surface area (Å²) in [6, 6.07) is 13.7. The molecule has 5 nitrogen and oxygen atoms in total. The highest BCUT2D eigenvalue weighted by molar-refractivity contribution is 5.49. The van der Waals surface area contributed by atoms with Crippen molar-refractivity contribution in [3.8, 4) is 17.7 Å². The Kier molecular flexibility index (Phi) is 3.05. The van der Waals surface area contributed by atoms with Crippen molar-refractivity contribution in [3.63, 3.8) is 0 Å². The van der Waals surface area contributed by atoms with Crippen LogP contribution in [0, 0.1) is 18.3 Å². The van der Waals surface area contributed by atoms with Crippen LogP contribution in [0.15, 0.2) is 40.9 Å². The Hall–Kier alpha value is -2.87. The summed E-state index contributed by atoms with van der Waals surface area (Å²) in [6.45, 7) is 2.05. The lowest BCUT2D eigenvalue weighted by atomic mass is 10.1. The lowest BCUT2D eigenvalue weighted by Gasteiger charge is -1.96. The Bertz CT molecular complexity index is 762. The van der Waals surface area contributed by atoms with E-state index in [1.807, 2.05) is 25.1 Å². The summed E-state index contributed by atoms with van der Waals surface area (Å²) >= 11 is 0. The maximum absolute atomic E-state index is 8.77. The van der Waals surface area contributed by atoms with Gasteiger partial charge in [-0.05, 0) is 24.6 Å². The fourth-order valence-corrected chi connectivity index (χ4v) is 1.91. The first-order chi connectivity index (χ1) is 9.74. The van der Waals surface area contributed by atoms with Gasteiger partial charge in [-0.3, -0.25) is 0 Å². The van der Waals surface area contributed by atoms with Gasteiger partial charge in [-0.25, -0.2) is 0 Å². The summed E-state index contributed by atoms with van der Waals surface area (Å²) < 4.78 is 5.20. The molecular formula is C15H12N4O. The van der Waals surface area contributed by atoms with E-state index in [0.29, 0.717) is 29.5 Å². The van der Waals surface area contributed by atoms with Gasteiger partial charge in [0, 0.05) is 6.42 Å². The predicted molar refractivity (Wildman–Crippen MR) is 72.8 cm³/mol. The molecule has 0 aliphatic heterocycles. The molecule has 0 spiro atoms. The van der Waals surface area contributed by atoms with Crippen molar-refractivity contribution in [3.05, 3.63) is 59.0 Å². The third-order valence-electron chi connectivity index (χ3n) is 2.99. The molecule has 0 unspecified atom stereocenters. The molecule has 98 valence electrons. The molecule has 0 saturated carbocycles. The maximum atomic E-state index is 8.77. The number of benzene rings is 1. The van der Waals surface area contributed by atoms with Crippen molar-refractivity contribution in [2.45, 2.75) is 13.3 Å². The molecule has 3 rings (SSSR count). The van der Waals surface area contributed by atoms with Gasteiger partial charge < -0.3 is 9.51 Å². The number of nitriles is 1. The van der Waals surface area contributed by atoms with Gasteiger partial charge in [-0.15, -0.1) is 0 Å². The first-order valence-corrected chi connectivity index (χ1v) is 6.22. The molecule has 0 fully saturated rings. The molecule has 2 heterocycles. The molecule has 1 N–H and O–H groups in total. The van der Waals surface area contributed by atoms with Gasteiger partial charge in [0.05, 0.1) is 0 Å². The third-order valence-corrected chi connectivity index (χ3v) is 2.99. The minimum absolute atomic E-state index is 0.397. The maximum Gasteiger partial charge on any atom is 0.274 e. The quantitative estimate of drug-likeness (QED) is 0.789. The van der Waals surface area contributed by atoms with E-state index in [9.17, 15) is 0 Å². The highest BCUT2D eigenvalue weighted by Gasteiger charge is 2.11. The number of rotatable bonds is 3. The van der Waals surface area contributed by atoms with E-state index in [1.165, 1.54) is 5.56 Å². The standard InChI is InChI=1S/C15H12N4O/c1-10-2-4-11(5-3-10)8-14-18-15(20-19-14)13-7-6-12(9-16)17-13/h2-7,17H,8H2,1H3. The van der Waals surface area contributed by atoms with E-state index in [0.717, 1.165) is 5.56 Å². The Morgan fingerprint density at radius 3 is 2.70 bits per heavy atom. The average Bonchev–Trinajstić information content (AvgIpc) is 3.10. The van der Waals surface area contributed by atoms with Gasteiger partial charge in [-0.2, -0.15) is 10.2 Å². The first kappa shape index (κ1) is 12.2. The molecule has 0 amide bonds. The minimum Gasteiger partial charge on any atom is -0.342 e. The summed E-state index contributed by atoms with van der Waals surface area (Å²) in [5.41, 5.74) is 3.48. The van der Waals surface area contributed by atoms with Crippen molar-refractivity contribution in [1.82, 2.24) is 15.1 Å². The number of aromatic nitrogens is 3. The van der Waals surface area contributed by atoms with Crippen LogP contribution in [0.2, 0.25) is 0 Å². The van der Waals surface area contributed by atoms with E-state index in [2.05, 4.69) is 27.3 Å². The second-order valence-corrected chi connectivity index (χ2v) is 4.58. The zero-order chi connectivity index (χ0) is 13.9. The zero-order valence-corrected chi connectivity index (χ0v) is 10.9. The molecular weight excluding hydrogens is 252 g/mol. The van der Waals surface area contributed by atoms with Crippen LogP contribution in [0.5, 0.6) is 0 Å². The van der Waals surface area contributed by atoms with E-state index in [1.54, 1.807) is 12.1 Å². The summed E-state index contributed by atoms with van der Waals surface area (Å²) in [5, 5.41) is 12.7. The van der Waals surface area contributed by atoms with E-state index in [-0.39, 0.29) is 0 Å². The molecule has 0 saturated heterocycles. The monoisotopic (exact) mass is 264 g/mol. The van der Waals surface area contributed by atoms with Crippen molar-refractivity contribution < 1.29 is 4.52 Å². The first-order valence-electron chi connectivity index (χ1n) is 6.22. The van der Waals surface area contributed by atoms with Crippen molar-refractivity contribution in [1.29, 1.82) is 5.26 Å². The Balaban J connectivity index is 1.80. The van der Waals surface area contributed by atoms with Crippen LogP contribution in [-0.2, 0) is 6.42 Å². The summed E-state index contributed by atoms with van der Waals surface area (Å²) in [6.07, 6.45) is 0.621. The second-order valence-electron chi connectivity index (χ2n) is 4.58. The van der Waals surface area contributed by atoms with Crippen molar-refractivity contribution in [2.75, 3.05) is 0 Å². The molecule has 2 aromatic heterocycles. The Morgan fingerprint density at radius 2 is 2.00 bits per heavy atom. The van der Waals surface area contributed by atoms with Crippen molar-refractivity contribution in [2.24, 2.45) is 0 Å². The molecule has 0 aliphatic rings. The van der Waals surface area contributed by atoms with Gasteiger partial charge in [0.1, 0.15) is 17.5 Å². The van der Waals surface area contributed by atoms with Crippen molar-refractivity contribution >= 4 is 0 Å². The largest absolute Gasteiger partial charge is 0.342 e. The summed E-state index contributed by atoms with van der Waals surface area (Å²) in [7, 11) is 0. The highest BCUT2D eigenvalue weighted by atomic mass is 16.5. The number of aromatic amines is 1. The number of H-pyrrole nitrogens is 1. The normalized spacial score (nSPS) is 10.4. The van der Waals surface area contributed by atoms with Crippen LogP contribution in [-0.4, -0.2) is 15.1 Å². The van der Waals surface area contributed by atoms with Crippen LogP contribution in [0.25, 0.3) is 11.6 Å². The van der Waals surface area contributed by atoms with Gasteiger partial charge in [-0.1, -0.05) is 35.0 Å². The smallest absolute Gasteiger partial charge is 0.274 e. The fraction of sp³-hybridized carbons (Fsp3) is 0.133. The SMILES string of the molecule is Cc1ccc(Cc2noc(-c3ccc(C#N)[nH]3)n2)cc1. The van der Waals surface area contributed by atoms with E-state index < -0.39 is 0 Å². The van der Waals surface area contributed by atoms with Crippen LogP contribution < -0.4 is 0 Å². The van der Waals surface area contributed by atoms with Gasteiger partial charge in [0.15, 0.2) is 5.82 Å². The predicted octanol–water partition coefficient (Wildman–Crippen LogP) is 2.84. The number of nitrogens with one attached hydrogen (secondary N) is 1. The van der Waals surface area contributed by atoms with Crippen LogP contribution >= 0.6 is 0 Å². The number of hydrogen-bond acceptors (Lipinski definition) is 4. The number of nitrogens with zero attached hydrogens (tertiary/aromatic N) is 3. The van der Waals surface area contributed by atoms with Gasteiger partial charge in [0.2, 0.25) is 0 Å². The molecule has 0 radical (unpaired) electrons. The molecule has 1 aromatic carbocycles. The summed E-state index contributed by atoms with van der Waals surface area (Å²) in [4.78, 5) is 7.23. The average molecular weight is 264 g/mol. The third kappa shape index (κ3) is 2.45. The molecule has 20 heavy (non-hydrogen) atoms. The van der Waals surface area contributed by atoms with Gasteiger partial charge >= 0.3 is 0 Å². The topological polar surface area (TPSA) is 78.5 Å². The fourth-order valence-electron chi connectivity index (χ4n) is 1.91. The molecule has 3 aromatic rings. The Morgan fingerprint density at radius 1 is 1.20 bits per heavy atom. The lowest BCUT2D eigenvalue weighted by Crippen LogP contribution is -1.90. The van der Waals surface area contributed by atoms with E-state index in [4.69, 9.17) is 9.78 Å². The molecule has 0 bridgehead atoms. The van der Waals surface area contributed by atoms with Crippen LogP contribution in [0.1, 0.15) is 22.6 Å². The van der Waals surface area contributed by atoms with E-state index >= 15 is 0 Å². The van der Waals surface area contributed by atoms with Gasteiger partial charge in [0.25, 0.3) is 5.89 Å². The molecule has 0 atom stereocenters.